The number of nitrogens with two attached hydrogens (primary N) is 1. The number of carboxylic acids is 1. The molecule has 0 spiro atoms. The van der Waals surface area contributed by atoms with Crippen molar-refractivity contribution < 1.29 is 23.1 Å². The van der Waals surface area contributed by atoms with Crippen molar-refractivity contribution in [1.29, 1.82) is 0 Å². The van der Waals surface area contributed by atoms with Crippen LogP contribution in [0.4, 0.5) is 13.2 Å². The first-order valence-corrected chi connectivity index (χ1v) is 13.6. The van der Waals surface area contributed by atoms with Crippen molar-refractivity contribution in [3.8, 4) is 0 Å². The zero-order chi connectivity index (χ0) is 30.3. The summed E-state index contributed by atoms with van der Waals surface area (Å²) in [5, 5.41) is 12.4. The summed E-state index contributed by atoms with van der Waals surface area (Å²) in [7, 11) is 0. The Bertz CT molecular complexity index is 1020. The Balaban J connectivity index is 0.000000871. The number of carbonyl (C=O) groups is 1. The third-order valence-electron chi connectivity index (χ3n) is 5.53. The minimum atomic E-state index is -3.20. The van der Waals surface area contributed by atoms with E-state index in [0.717, 1.165) is 38.3 Å². The Hall–Kier alpha value is -2.78. The largest absolute Gasteiger partial charge is 0.478 e. The molecule has 0 aromatic rings. The van der Waals surface area contributed by atoms with Crippen LogP contribution in [0.3, 0.4) is 0 Å². The normalized spacial score (nSPS) is 16.4. The number of hydrogen-bond donors (Lipinski definition) is 3. The van der Waals surface area contributed by atoms with Gasteiger partial charge in [-0.05, 0) is 31.4 Å². The Morgan fingerprint density at radius 1 is 1.28 bits per heavy atom. The highest BCUT2D eigenvalue weighted by molar-refractivity contribution is 6.31. The Kier molecular flexibility index (Phi) is 16.5. The number of rotatable bonds is 11. The molecule has 0 aromatic heterocycles. The zero-order valence-corrected chi connectivity index (χ0v) is 24.9. The van der Waals surface area contributed by atoms with Crippen molar-refractivity contribution in [3.05, 3.63) is 70.6 Å². The molecular formula is C29H44ClF3N4O2. The summed E-state index contributed by atoms with van der Waals surface area (Å²) in [6.07, 6.45) is 11.4. The fourth-order valence-electron chi connectivity index (χ4n) is 3.35. The summed E-state index contributed by atoms with van der Waals surface area (Å²) in [4.78, 5) is 16.3. The van der Waals surface area contributed by atoms with Crippen molar-refractivity contribution in [2.45, 2.75) is 86.1 Å². The van der Waals surface area contributed by atoms with E-state index in [4.69, 9.17) is 22.4 Å². The van der Waals surface area contributed by atoms with Crippen LogP contribution in [0.2, 0.25) is 0 Å². The molecule has 1 atom stereocenters. The van der Waals surface area contributed by atoms with Gasteiger partial charge in [-0.2, -0.15) is 0 Å². The molecule has 220 valence electrons. The molecule has 0 aromatic carbocycles. The molecule has 0 saturated carbocycles. The summed E-state index contributed by atoms with van der Waals surface area (Å²) in [5.41, 5.74) is 6.37. The summed E-state index contributed by atoms with van der Waals surface area (Å²) >= 11 is 5.67. The van der Waals surface area contributed by atoms with E-state index in [0.29, 0.717) is 29.0 Å². The fourth-order valence-corrected chi connectivity index (χ4v) is 3.47. The topological polar surface area (TPSA) is 90.9 Å². The van der Waals surface area contributed by atoms with Gasteiger partial charge in [-0.25, -0.2) is 23.0 Å². The highest BCUT2D eigenvalue weighted by atomic mass is 35.5. The SMILES string of the molecule is C/C=C(Cl)\C=C(\C(=O)O)C(C)C.C=C1C=C(NCCCCCC)N=C2C(C(N)C(C)(F)F)=CC(F)=CN12.CC. The number of amidine groups is 1. The van der Waals surface area contributed by atoms with E-state index in [9.17, 15) is 18.0 Å². The number of nitrogens with one attached hydrogen (secondary N) is 1. The van der Waals surface area contributed by atoms with Gasteiger partial charge in [0.25, 0.3) is 5.92 Å². The van der Waals surface area contributed by atoms with Gasteiger partial charge in [0.05, 0.1) is 6.04 Å². The summed E-state index contributed by atoms with van der Waals surface area (Å²) in [6.45, 7) is 16.8. The number of nitrogens with zero attached hydrogens (tertiary/aromatic N) is 2. The Morgan fingerprint density at radius 2 is 1.90 bits per heavy atom. The molecule has 2 aliphatic rings. The lowest BCUT2D eigenvalue weighted by molar-refractivity contribution is -0.133. The number of allylic oxidation sites excluding steroid dienone is 6. The minimum absolute atomic E-state index is 0.0174. The number of hydrogen-bond acceptors (Lipinski definition) is 5. The lowest BCUT2D eigenvalue weighted by Crippen LogP contribution is -2.46. The molecule has 0 aliphatic carbocycles. The van der Waals surface area contributed by atoms with Gasteiger partial charge < -0.3 is 16.2 Å². The number of aliphatic imine (C=N–C) groups is 1. The highest BCUT2D eigenvalue weighted by Gasteiger charge is 2.39. The van der Waals surface area contributed by atoms with E-state index < -0.39 is 23.8 Å². The van der Waals surface area contributed by atoms with Gasteiger partial charge in [0.1, 0.15) is 17.5 Å². The first-order chi connectivity index (χ1) is 18.2. The van der Waals surface area contributed by atoms with Gasteiger partial charge in [0.2, 0.25) is 0 Å². The first-order valence-electron chi connectivity index (χ1n) is 13.2. The molecule has 1 unspecified atom stereocenters. The third-order valence-corrected chi connectivity index (χ3v) is 5.85. The van der Waals surface area contributed by atoms with Gasteiger partial charge in [-0.15, -0.1) is 0 Å². The molecule has 0 saturated heterocycles. The van der Waals surface area contributed by atoms with Crippen LogP contribution in [0.25, 0.3) is 0 Å². The van der Waals surface area contributed by atoms with E-state index in [1.165, 1.54) is 17.2 Å². The highest BCUT2D eigenvalue weighted by Crippen LogP contribution is 2.31. The van der Waals surface area contributed by atoms with E-state index in [1.807, 2.05) is 27.7 Å². The summed E-state index contributed by atoms with van der Waals surface area (Å²) in [5.74, 6) is -4.10. The molecule has 2 heterocycles. The van der Waals surface area contributed by atoms with E-state index in [-0.39, 0.29) is 17.3 Å². The van der Waals surface area contributed by atoms with E-state index in [2.05, 4.69) is 23.8 Å². The van der Waals surface area contributed by atoms with Crippen LogP contribution in [0.1, 0.15) is 74.1 Å². The molecule has 10 heteroatoms. The van der Waals surface area contributed by atoms with Gasteiger partial charge in [0.15, 0.2) is 0 Å². The van der Waals surface area contributed by atoms with Gasteiger partial charge >= 0.3 is 5.97 Å². The lowest BCUT2D eigenvalue weighted by atomic mass is 9.97. The number of alkyl halides is 2. The maximum Gasteiger partial charge on any atom is 0.331 e. The second kappa shape index (κ2) is 17.7. The summed E-state index contributed by atoms with van der Waals surface area (Å²) < 4.78 is 41.2. The molecule has 0 radical (unpaired) electrons. The standard InChI is InChI=1S/C18H25F3N4.C9H13ClO2.C2H6/c1-4-5-6-7-8-23-15-9-12(2)25-11-13(19)10-14(17(25)24-15)16(22)18(3,20)21;1-4-7(10)5-8(6(2)3)9(11)12;1-2/h9-11,16,23H,2,4-8,22H2,1,3H3;4-6H,1-3H3,(H,11,12);1-2H3/b;7-4+,8-5+;. The average molecular weight is 573 g/mol. The van der Waals surface area contributed by atoms with Gasteiger partial charge in [-0.1, -0.05) is 78.1 Å². The summed E-state index contributed by atoms with van der Waals surface area (Å²) in [6, 6.07) is -1.66. The van der Waals surface area contributed by atoms with Crippen molar-refractivity contribution >= 4 is 23.4 Å². The average Bonchev–Trinajstić information content (AvgIpc) is 2.87. The number of carboxylic acid groups (broad SMARTS) is 1. The van der Waals surface area contributed by atoms with Gasteiger partial charge in [0, 0.05) is 47.6 Å². The maximum atomic E-state index is 13.9. The van der Waals surface area contributed by atoms with Crippen molar-refractivity contribution in [2.24, 2.45) is 16.6 Å². The van der Waals surface area contributed by atoms with Crippen LogP contribution in [0.5, 0.6) is 0 Å². The van der Waals surface area contributed by atoms with Crippen LogP contribution < -0.4 is 11.1 Å². The zero-order valence-electron chi connectivity index (χ0n) is 24.1. The van der Waals surface area contributed by atoms with Crippen LogP contribution in [-0.2, 0) is 4.79 Å². The number of halogens is 4. The van der Waals surface area contributed by atoms with Crippen LogP contribution in [0.15, 0.2) is 75.6 Å². The molecular weight excluding hydrogens is 529 g/mol. The predicted molar refractivity (Wildman–Crippen MR) is 156 cm³/mol. The molecule has 4 N–H and O–H groups in total. The molecule has 0 amide bonds. The number of unbranched alkanes of at least 4 members (excludes halogenated alkanes) is 3. The Labute approximate surface area is 236 Å². The first kappa shape index (κ1) is 36.2. The second-order valence-corrected chi connectivity index (χ2v) is 9.53. The van der Waals surface area contributed by atoms with E-state index in [1.54, 1.807) is 19.1 Å². The fraction of sp³-hybridized carbons (Fsp3) is 0.517. The van der Waals surface area contributed by atoms with Crippen LogP contribution in [0, 0.1) is 5.92 Å². The van der Waals surface area contributed by atoms with Crippen LogP contribution in [-0.4, -0.2) is 40.3 Å². The molecule has 39 heavy (non-hydrogen) atoms. The third kappa shape index (κ3) is 12.3. The molecule has 6 nitrogen and oxygen atoms in total. The van der Waals surface area contributed by atoms with Crippen molar-refractivity contribution in [3.63, 3.8) is 0 Å². The predicted octanol–water partition coefficient (Wildman–Crippen LogP) is 7.78. The quantitative estimate of drug-likeness (QED) is 0.134. The second-order valence-electron chi connectivity index (χ2n) is 9.09. The van der Waals surface area contributed by atoms with Gasteiger partial charge in [-0.3, -0.25) is 4.90 Å². The Morgan fingerprint density at radius 3 is 2.38 bits per heavy atom. The maximum absolute atomic E-state index is 13.9. The van der Waals surface area contributed by atoms with Crippen molar-refractivity contribution in [2.75, 3.05) is 6.54 Å². The number of aliphatic carboxylic acids is 1. The lowest BCUT2D eigenvalue weighted by Gasteiger charge is -2.34. The monoisotopic (exact) mass is 572 g/mol. The van der Waals surface area contributed by atoms with Crippen molar-refractivity contribution in [1.82, 2.24) is 10.2 Å². The van der Waals surface area contributed by atoms with E-state index >= 15 is 0 Å². The molecule has 2 aliphatic heterocycles. The minimum Gasteiger partial charge on any atom is -0.478 e. The smallest absolute Gasteiger partial charge is 0.331 e. The molecule has 0 bridgehead atoms. The van der Waals surface area contributed by atoms with Crippen LogP contribution >= 0.6 is 11.6 Å². The number of fused-ring (bicyclic) bond motifs is 1. The molecule has 0 fully saturated rings. The molecule has 2 rings (SSSR count).